The molecule has 0 spiro atoms. The highest BCUT2D eigenvalue weighted by atomic mass is 33.5. The van der Waals surface area contributed by atoms with E-state index in [1.54, 1.807) is 0 Å². The molecule has 0 heterocycles. The summed E-state index contributed by atoms with van der Waals surface area (Å²) in [7, 11) is 71.2. The lowest BCUT2D eigenvalue weighted by Crippen LogP contribution is -1.68. The maximum atomic E-state index is 3.53. The minimum absolute atomic E-state index is 0.0490. The molecule has 0 aliphatic rings. The molecule has 23 atom stereocenters. The van der Waals surface area contributed by atoms with Gasteiger partial charge in [-0.25, -0.2) is 0 Å². The third-order valence-electron chi connectivity index (χ3n) is 3.40. The average molecular weight is 1280 g/mol. The van der Waals surface area contributed by atoms with Gasteiger partial charge in [-0.1, -0.05) is 0 Å². The van der Waals surface area contributed by atoms with E-state index in [1.165, 1.54) is 0 Å². The minimum atomic E-state index is -0.146. The van der Waals surface area contributed by atoms with Gasteiger partial charge in [0.1, 0.15) is 0 Å². The first-order chi connectivity index (χ1) is 18.1. The Bertz CT molecular complexity index is 529. The molecule has 0 saturated heterocycles. The molecule has 0 aliphatic heterocycles. The fraction of sp³-hybridized carbons (Fsp3) is 0. The number of rotatable bonds is 18. The van der Waals surface area contributed by atoms with E-state index in [-0.39, 0.29) is 133 Å². The Morgan fingerprint density at radius 3 is 0.425 bits per heavy atom. The van der Waals surface area contributed by atoms with Gasteiger partial charge in [-0.3, -0.25) is 0 Å². The third kappa shape index (κ3) is 20.4. The molecule has 0 bridgehead atoms. The second kappa shape index (κ2) is 31.1. The van der Waals surface area contributed by atoms with Gasteiger partial charge in [0.25, 0.3) is 0 Å². The van der Waals surface area contributed by atoms with Crippen LogP contribution in [0.25, 0.3) is 0 Å². The maximum absolute atomic E-state index is 3.53. The van der Waals surface area contributed by atoms with Crippen LogP contribution in [-0.4, -0.2) is 0 Å². The largest absolute Gasteiger partial charge is 0.102 e. The SMILES string of the molecule is PP(P)P(P)P(P(P)P)P(P(P(P(P)P)P(P)P)P(P(P)P)P(P)P)P(P(P(P)P)P(P)P)P(P(P)P)P(P)P. The van der Waals surface area contributed by atoms with Crippen LogP contribution in [0.15, 0.2) is 0 Å². The Morgan fingerprint density at radius 2 is 0.300 bits per heavy atom. The van der Waals surface area contributed by atoms with Crippen molar-refractivity contribution in [1.29, 1.82) is 0 Å². The molecule has 0 aromatic heterocycles. The summed E-state index contributed by atoms with van der Waals surface area (Å²) >= 11 is 0. The molecule has 23 unspecified atom stereocenters. The number of hydrogen-bond donors (Lipinski definition) is 0. The first-order valence-corrected chi connectivity index (χ1v) is 81.2. The van der Waals surface area contributed by atoms with Crippen molar-refractivity contribution in [3.63, 3.8) is 0 Å². The summed E-state index contributed by atoms with van der Waals surface area (Å²) in [6.45, 7) is -1.80. The van der Waals surface area contributed by atoms with E-state index in [2.05, 4.69) is 187 Å². The van der Waals surface area contributed by atoms with Crippen LogP contribution in [0, 0.1) is 0 Å². The van der Waals surface area contributed by atoms with Gasteiger partial charge in [0, 0.05) is 0 Å². The highest BCUT2D eigenvalue weighted by Gasteiger charge is 2.55. The second-order valence-electron chi connectivity index (χ2n) is 6.27. The van der Waals surface area contributed by atoms with Gasteiger partial charge in [0.15, 0.2) is 0 Å². The van der Waals surface area contributed by atoms with E-state index in [1.807, 2.05) is 0 Å². The molecule has 0 rings (SSSR count). The monoisotopic (exact) mass is 1280 g/mol. The predicted octanol–water partition coefficient (Wildman–Crippen LogP) is 23.2. The van der Waals surface area contributed by atoms with Gasteiger partial charge in [-0.2, -0.15) is 0 Å². The molecule has 0 nitrogen and oxygen atoms in total. The van der Waals surface area contributed by atoms with E-state index >= 15 is 0 Å². The van der Waals surface area contributed by atoms with E-state index in [0.717, 1.165) is 0 Å². The topological polar surface area (TPSA) is 0 Å². The Hall–Kier alpha value is 17.2. The molecule has 0 aromatic rings. The fourth-order valence-electron chi connectivity index (χ4n) is 2.23. The quantitative estimate of drug-likeness (QED) is 0.120. The average Bonchev–Trinajstić information content (AvgIpc) is 2.73. The molecule has 40 heavy (non-hydrogen) atoms. The molecule has 0 amide bonds. The fourth-order valence-corrected chi connectivity index (χ4v) is 543. The molecule has 0 saturated carbocycles. The van der Waals surface area contributed by atoms with Crippen LogP contribution in [0.3, 0.4) is 0 Å². The lowest BCUT2D eigenvalue weighted by molar-refractivity contribution is 4.38. The van der Waals surface area contributed by atoms with E-state index in [9.17, 15) is 0 Å². The van der Waals surface area contributed by atoms with Crippen molar-refractivity contribution in [1.82, 2.24) is 0 Å². The normalized spacial score (nSPS) is 15.8. The van der Waals surface area contributed by atoms with Gasteiger partial charge in [0.2, 0.25) is 0 Å². The van der Waals surface area contributed by atoms with Crippen LogP contribution >= 0.6 is 320 Å². The van der Waals surface area contributed by atoms with Gasteiger partial charge < -0.3 is 0 Å². The highest BCUT2D eigenvalue weighted by molar-refractivity contribution is 9.48. The van der Waals surface area contributed by atoms with Gasteiger partial charge in [-0.15, -0.1) is 187 Å². The lowest BCUT2D eigenvalue weighted by Gasteiger charge is -2.56. The number of hydrogen-bond acceptors (Lipinski definition) is 0. The standard InChI is InChI=1S/H42P40/c1-22(2)32(21)37(31(19)20)40(38(33(23(3)4)24(5)6)34(25(7)8)26(9)10)39(35(27(11)12)28(13)14)36(29(15)16)30(17)18/h1-21H2. The van der Waals surface area contributed by atoms with Crippen molar-refractivity contribution in [2.45, 2.75) is 0 Å². The summed E-state index contributed by atoms with van der Waals surface area (Å²) in [6, 6.07) is 0. The summed E-state index contributed by atoms with van der Waals surface area (Å²) < 4.78 is 0. The molecule has 0 radical (unpaired) electrons. The zero-order valence-corrected chi connectivity index (χ0v) is 61.9. The van der Waals surface area contributed by atoms with Gasteiger partial charge in [-0.05, 0) is 133 Å². The van der Waals surface area contributed by atoms with Crippen LogP contribution in [-0.2, 0) is 0 Å². The highest BCUT2D eigenvalue weighted by Crippen LogP contribution is 3.43. The molecule has 242 valence electrons. The Balaban J connectivity index is 8.34. The molecule has 40 heteroatoms. The van der Waals surface area contributed by atoms with Crippen molar-refractivity contribution < 1.29 is 0 Å². The third-order valence-corrected chi connectivity index (χ3v) is 275. The van der Waals surface area contributed by atoms with Crippen molar-refractivity contribution in [3.8, 4) is 0 Å². The van der Waals surface area contributed by atoms with E-state index < -0.39 is 0 Å². The van der Waals surface area contributed by atoms with Crippen LogP contribution in [0.4, 0.5) is 0 Å². The predicted molar refractivity (Wildman–Crippen MR) is 335 cm³/mol. The molecule has 0 aromatic carbocycles. The Morgan fingerprint density at radius 1 is 0.150 bits per heavy atom. The minimum Gasteiger partial charge on any atom is -0.102 e. The summed E-state index contributed by atoms with van der Waals surface area (Å²) in [4.78, 5) is 0. The second-order valence-corrected chi connectivity index (χ2v) is 169. The van der Waals surface area contributed by atoms with Crippen LogP contribution in [0.5, 0.6) is 0 Å². The summed E-state index contributed by atoms with van der Waals surface area (Å²) in [5, 5.41) is 0. The van der Waals surface area contributed by atoms with Gasteiger partial charge in [0.05, 0.1) is 0 Å². The van der Waals surface area contributed by atoms with Crippen LogP contribution in [0.2, 0.25) is 0 Å². The summed E-state index contributed by atoms with van der Waals surface area (Å²) in [5.74, 6) is 0. The van der Waals surface area contributed by atoms with E-state index in [0.29, 0.717) is 0 Å². The summed E-state index contributed by atoms with van der Waals surface area (Å²) in [6.07, 6.45) is 0. The Kier molecular flexibility index (Phi) is 44.5. The lowest BCUT2D eigenvalue weighted by atomic mass is 28.4. The first kappa shape index (κ1) is 57.2. The van der Waals surface area contributed by atoms with E-state index in [4.69, 9.17) is 0 Å². The zero-order valence-electron chi connectivity index (χ0n) is 20.6. The Labute approximate surface area is 316 Å². The molecule has 0 aliphatic carbocycles. The van der Waals surface area contributed by atoms with Crippen LogP contribution < -0.4 is 0 Å². The molecular formula is H42P40. The summed E-state index contributed by atoms with van der Waals surface area (Å²) in [5.41, 5.74) is 0. The molecule has 0 fully saturated rings. The van der Waals surface area contributed by atoms with Crippen molar-refractivity contribution in [2.24, 2.45) is 0 Å². The van der Waals surface area contributed by atoms with Gasteiger partial charge >= 0.3 is 0 Å². The van der Waals surface area contributed by atoms with Crippen molar-refractivity contribution in [2.75, 3.05) is 0 Å². The molecular weight excluding hydrogens is 1240 g/mol. The first-order valence-electron chi connectivity index (χ1n) is 9.02. The van der Waals surface area contributed by atoms with Crippen molar-refractivity contribution in [3.05, 3.63) is 0 Å². The maximum Gasteiger partial charge on any atom is -0.000139 e. The van der Waals surface area contributed by atoms with Crippen LogP contribution in [0.1, 0.15) is 0 Å². The van der Waals surface area contributed by atoms with Crippen molar-refractivity contribution >= 4 is 320 Å². The smallest absolute Gasteiger partial charge is 0.000139 e. The zero-order chi connectivity index (χ0) is 32.0. The molecule has 0 N–H and O–H groups in total.